The number of pyridine rings is 1. The van der Waals surface area contributed by atoms with Crippen molar-refractivity contribution in [3.8, 4) is 0 Å². The lowest BCUT2D eigenvalue weighted by molar-refractivity contribution is -0.140. The summed E-state index contributed by atoms with van der Waals surface area (Å²) in [5, 5.41) is 0.667. The van der Waals surface area contributed by atoms with E-state index in [1.54, 1.807) is 18.3 Å². The fraction of sp³-hybridized carbons (Fsp3) is 0.278. The standard InChI is InChI=1S/C18H15FN2O2/c19-13-8-11-4-3-7-20-16(11)12(9-13)10-21-17(22)14-5-1-2-6-15(14)18(21)23/h1-4,7-9,14-15H,5-6,10H2/t14-,15-/m1/s1. The number of nitrogens with zero attached hydrogens (tertiary/aromatic N) is 2. The first kappa shape index (κ1) is 14.1. The van der Waals surface area contributed by atoms with E-state index in [1.807, 2.05) is 12.2 Å². The fourth-order valence-corrected chi connectivity index (χ4v) is 3.54. The van der Waals surface area contributed by atoms with E-state index >= 15 is 0 Å². The number of halogens is 1. The highest BCUT2D eigenvalue weighted by molar-refractivity contribution is 6.05. The van der Waals surface area contributed by atoms with Crippen molar-refractivity contribution in [3.63, 3.8) is 0 Å². The van der Waals surface area contributed by atoms with Crippen molar-refractivity contribution in [1.82, 2.24) is 9.88 Å². The van der Waals surface area contributed by atoms with Gasteiger partial charge in [-0.15, -0.1) is 0 Å². The van der Waals surface area contributed by atoms with Gasteiger partial charge in [-0.1, -0.05) is 18.2 Å². The van der Waals surface area contributed by atoms with E-state index in [9.17, 15) is 14.0 Å². The van der Waals surface area contributed by atoms with Crippen molar-refractivity contribution in [3.05, 3.63) is 54.0 Å². The first-order valence-corrected chi connectivity index (χ1v) is 7.68. The molecule has 1 aromatic carbocycles. The van der Waals surface area contributed by atoms with Gasteiger partial charge in [-0.2, -0.15) is 0 Å². The summed E-state index contributed by atoms with van der Waals surface area (Å²) in [5.41, 5.74) is 1.19. The molecule has 2 aromatic rings. The molecule has 23 heavy (non-hydrogen) atoms. The van der Waals surface area contributed by atoms with Crippen LogP contribution in [0.1, 0.15) is 18.4 Å². The monoisotopic (exact) mass is 310 g/mol. The van der Waals surface area contributed by atoms with Gasteiger partial charge < -0.3 is 0 Å². The summed E-state index contributed by atoms with van der Waals surface area (Å²) in [4.78, 5) is 30.6. The topological polar surface area (TPSA) is 50.3 Å². The molecule has 0 radical (unpaired) electrons. The van der Waals surface area contributed by atoms with E-state index in [0.29, 0.717) is 29.3 Å². The van der Waals surface area contributed by atoms with Crippen molar-refractivity contribution >= 4 is 22.7 Å². The summed E-state index contributed by atoms with van der Waals surface area (Å²) in [6.45, 7) is 0.0793. The summed E-state index contributed by atoms with van der Waals surface area (Å²) >= 11 is 0. The second kappa shape index (κ2) is 5.26. The smallest absolute Gasteiger partial charge is 0.233 e. The molecule has 1 fully saturated rings. The number of aromatic nitrogens is 1. The quantitative estimate of drug-likeness (QED) is 0.633. The van der Waals surface area contributed by atoms with Gasteiger partial charge in [0.25, 0.3) is 0 Å². The number of hydrogen-bond acceptors (Lipinski definition) is 3. The molecule has 0 unspecified atom stereocenters. The number of allylic oxidation sites excluding steroid dienone is 2. The number of amides is 2. The van der Waals surface area contributed by atoms with Gasteiger partial charge in [0, 0.05) is 17.1 Å². The van der Waals surface area contributed by atoms with Crippen molar-refractivity contribution in [1.29, 1.82) is 0 Å². The maximum Gasteiger partial charge on any atom is 0.233 e. The lowest BCUT2D eigenvalue weighted by Gasteiger charge is -2.16. The molecule has 2 atom stereocenters. The SMILES string of the molecule is O=C1[C@@H]2CC=CC[C@H]2C(=O)N1Cc1cc(F)cc2cccnc12. The van der Waals surface area contributed by atoms with Crippen molar-refractivity contribution in [2.24, 2.45) is 11.8 Å². The van der Waals surface area contributed by atoms with Gasteiger partial charge in [-0.05, 0) is 31.0 Å². The van der Waals surface area contributed by atoms with Gasteiger partial charge in [0.1, 0.15) is 5.82 Å². The third kappa shape index (κ3) is 2.23. The molecule has 1 aliphatic heterocycles. The summed E-state index contributed by atoms with van der Waals surface area (Å²) in [7, 11) is 0. The van der Waals surface area contributed by atoms with Crippen molar-refractivity contribution in [2.75, 3.05) is 0 Å². The highest BCUT2D eigenvalue weighted by Crippen LogP contribution is 2.36. The van der Waals surface area contributed by atoms with Crippen LogP contribution < -0.4 is 0 Å². The van der Waals surface area contributed by atoms with Crippen LogP contribution in [0.25, 0.3) is 10.9 Å². The van der Waals surface area contributed by atoms with Crippen LogP contribution in [0.5, 0.6) is 0 Å². The zero-order valence-corrected chi connectivity index (χ0v) is 12.4. The molecule has 0 saturated carbocycles. The molecule has 116 valence electrons. The van der Waals surface area contributed by atoms with Gasteiger partial charge in [0.2, 0.25) is 11.8 Å². The summed E-state index contributed by atoms with van der Waals surface area (Å²) in [6.07, 6.45) is 6.74. The van der Waals surface area contributed by atoms with Crippen molar-refractivity contribution in [2.45, 2.75) is 19.4 Å². The van der Waals surface area contributed by atoms with Gasteiger partial charge in [0.05, 0.1) is 23.9 Å². The number of carbonyl (C=O) groups is 2. The highest BCUT2D eigenvalue weighted by Gasteiger charge is 2.47. The highest BCUT2D eigenvalue weighted by atomic mass is 19.1. The average molecular weight is 310 g/mol. The predicted octanol–water partition coefficient (Wildman–Crippen LogP) is 2.83. The van der Waals surface area contributed by atoms with E-state index < -0.39 is 5.82 Å². The van der Waals surface area contributed by atoms with Gasteiger partial charge in [-0.25, -0.2) is 4.39 Å². The Morgan fingerprint density at radius 2 is 1.83 bits per heavy atom. The van der Waals surface area contributed by atoms with Crippen molar-refractivity contribution < 1.29 is 14.0 Å². The van der Waals surface area contributed by atoms with Crippen LogP contribution >= 0.6 is 0 Å². The molecule has 0 N–H and O–H groups in total. The molecule has 1 saturated heterocycles. The lowest BCUT2D eigenvalue weighted by atomic mass is 9.85. The molecule has 2 heterocycles. The van der Waals surface area contributed by atoms with E-state index in [0.717, 1.165) is 0 Å². The second-order valence-corrected chi connectivity index (χ2v) is 6.06. The second-order valence-electron chi connectivity index (χ2n) is 6.06. The third-order valence-corrected chi connectivity index (χ3v) is 4.68. The number of rotatable bonds is 2. The van der Waals surface area contributed by atoms with E-state index in [-0.39, 0.29) is 30.2 Å². The molecular weight excluding hydrogens is 295 g/mol. The number of hydrogen-bond donors (Lipinski definition) is 0. The summed E-state index contributed by atoms with van der Waals surface area (Å²) in [5.74, 6) is -1.23. The van der Waals surface area contributed by atoms with Crippen LogP contribution in [0.15, 0.2) is 42.6 Å². The molecule has 2 amide bonds. The van der Waals surface area contributed by atoms with E-state index in [1.165, 1.54) is 17.0 Å². The van der Waals surface area contributed by atoms with Gasteiger partial charge in [-0.3, -0.25) is 19.5 Å². The minimum atomic E-state index is -0.390. The average Bonchev–Trinajstić information content (AvgIpc) is 2.80. The van der Waals surface area contributed by atoms with Crippen LogP contribution in [-0.4, -0.2) is 21.7 Å². The Hall–Kier alpha value is -2.56. The number of carbonyl (C=O) groups excluding carboxylic acids is 2. The Balaban J connectivity index is 1.71. The molecule has 4 nitrogen and oxygen atoms in total. The Kier molecular flexibility index (Phi) is 3.22. The number of fused-ring (bicyclic) bond motifs is 2. The van der Waals surface area contributed by atoms with Gasteiger partial charge in [0.15, 0.2) is 0 Å². The third-order valence-electron chi connectivity index (χ3n) is 4.68. The molecule has 1 aliphatic carbocycles. The molecular formula is C18H15FN2O2. The first-order chi connectivity index (χ1) is 11.1. The molecule has 1 aromatic heterocycles. The van der Waals surface area contributed by atoms with Crippen LogP contribution in [0.4, 0.5) is 4.39 Å². The van der Waals surface area contributed by atoms with Crippen LogP contribution in [0, 0.1) is 17.7 Å². The van der Waals surface area contributed by atoms with Crippen LogP contribution in [-0.2, 0) is 16.1 Å². The summed E-state index contributed by atoms with van der Waals surface area (Å²) in [6, 6.07) is 6.27. The number of likely N-dealkylation sites (tertiary alicyclic amines) is 1. The Bertz CT molecular complexity index is 820. The molecule has 0 bridgehead atoms. The number of benzene rings is 1. The zero-order valence-electron chi connectivity index (χ0n) is 12.4. The number of imide groups is 1. The minimum absolute atomic E-state index is 0.0793. The van der Waals surface area contributed by atoms with E-state index in [2.05, 4.69) is 4.98 Å². The minimum Gasteiger partial charge on any atom is -0.278 e. The normalized spacial score (nSPS) is 23.6. The zero-order chi connectivity index (χ0) is 16.0. The fourth-order valence-electron chi connectivity index (χ4n) is 3.54. The molecule has 2 aliphatic rings. The maximum absolute atomic E-state index is 13.8. The lowest BCUT2D eigenvalue weighted by Crippen LogP contribution is -2.30. The summed E-state index contributed by atoms with van der Waals surface area (Å²) < 4.78 is 13.8. The Morgan fingerprint density at radius 1 is 1.13 bits per heavy atom. The van der Waals surface area contributed by atoms with E-state index in [4.69, 9.17) is 0 Å². The predicted molar refractivity (Wildman–Crippen MR) is 82.6 cm³/mol. The molecule has 0 spiro atoms. The molecule has 5 heteroatoms. The Labute approximate surface area is 132 Å². The van der Waals surface area contributed by atoms with Crippen LogP contribution in [0.2, 0.25) is 0 Å². The maximum atomic E-state index is 13.8. The van der Waals surface area contributed by atoms with Gasteiger partial charge >= 0.3 is 0 Å². The van der Waals surface area contributed by atoms with Crippen LogP contribution in [0.3, 0.4) is 0 Å². The largest absolute Gasteiger partial charge is 0.278 e. The molecule has 4 rings (SSSR count). The Morgan fingerprint density at radius 3 is 2.52 bits per heavy atom. The first-order valence-electron chi connectivity index (χ1n) is 7.68.